The Hall–Kier alpha value is 0.700. The van der Waals surface area contributed by atoms with Crippen LogP contribution in [0.1, 0.15) is 34.1 Å². The molecular formula is C8H16S2. The summed E-state index contributed by atoms with van der Waals surface area (Å²) in [7, 11) is 0. The quantitative estimate of drug-likeness (QED) is 0.555. The Morgan fingerprint density at radius 3 is 1.80 bits per heavy atom. The largest absolute Gasteiger partial charge is 0.142 e. The van der Waals surface area contributed by atoms with Gasteiger partial charge < -0.3 is 0 Å². The smallest absolute Gasteiger partial charge is 0.0560 e. The van der Waals surface area contributed by atoms with E-state index in [0.717, 1.165) is 10.5 Å². The van der Waals surface area contributed by atoms with Crippen LogP contribution in [-0.2, 0) is 0 Å². The number of hydrogen-bond acceptors (Lipinski definition) is 2. The molecule has 0 saturated carbocycles. The van der Waals surface area contributed by atoms with Crippen molar-refractivity contribution >= 4 is 23.5 Å². The highest BCUT2D eigenvalue weighted by Crippen LogP contribution is 2.48. The Morgan fingerprint density at radius 1 is 1.10 bits per heavy atom. The summed E-state index contributed by atoms with van der Waals surface area (Å²) in [6.45, 7) is 9.33. The summed E-state index contributed by atoms with van der Waals surface area (Å²) in [5.41, 5.74) is 0. The lowest BCUT2D eigenvalue weighted by molar-refractivity contribution is 0.771. The molecule has 0 unspecified atom stereocenters. The van der Waals surface area contributed by atoms with Gasteiger partial charge >= 0.3 is 0 Å². The van der Waals surface area contributed by atoms with E-state index < -0.39 is 0 Å². The summed E-state index contributed by atoms with van der Waals surface area (Å²) in [5, 5.41) is 1.71. The van der Waals surface area contributed by atoms with E-state index in [1.54, 1.807) is 0 Å². The number of rotatable bonds is 0. The van der Waals surface area contributed by atoms with E-state index in [9.17, 15) is 0 Å². The summed E-state index contributed by atoms with van der Waals surface area (Å²) < 4.78 is 0.455. The van der Waals surface area contributed by atoms with Gasteiger partial charge in [0.15, 0.2) is 0 Å². The van der Waals surface area contributed by atoms with E-state index in [0.29, 0.717) is 4.08 Å². The van der Waals surface area contributed by atoms with Crippen molar-refractivity contribution in [3.8, 4) is 0 Å². The Bertz CT molecular complexity index is 108. The average Bonchev–Trinajstić information content (AvgIpc) is 1.54. The van der Waals surface area contributed by atoms with Gasteiger partial charge in [0.2, 0.25) is 0 Å². The van der Waals surface area contributed by atoms with Gasteiger partial charge in [0.25, 0.3) is 0 Å². The molecule has 1 heterocycles. The molecule has 0 N–H and O–H groups in total. The fraction of sp³-hybridized carbons (Fsp3) is 1.00. The van der Waals surface area contributed by atoms with Crippen LogP contribution in [0.25, 0.3) is 0 Å². The summed E-state index contributed by atoms with van der Waals surface area (Å²) in [6.07, 6.45) is 1.37. The van der Waals surface area contributed by atoms with Crippen molar-refractivity contribution < 1.29 is 0 Å². The minimum Gasteiger partial charge on any atom is -0.142 e. The van der Waals surface area contributed by atoms with E-state index in [4.69, 9.17) is 0 Å². The molecule has 0 radical (unpaired) electrons. The maximum absolute atomic E-state index is 2.34. The molecule has 1 rings (SSSR count). The number of hydrogen-bond donors (Lipinski definition) is 0. The Kier molecular flexibility index (Phi) is 2.62. The zero-order chi connectivity index (χ0) is 7.78. The lowest BCUT2D eigenvalue weighted by Gasteiger charge is -2.36. The minimum atomic E-state index is 0.455. The van der Waals surface area contributed by atoms with Crippen molar-refractivity contribution in [3.05, 3.63) is 0 Å². The molecule has 2 heteroatoms. The summed E-state index contributed by atoms with van der Waals surface area (Å²) in [4.78, 5) is 0. The van der Waals surface area contributed by atoms with Gasteiger partial charge in [-0.25, -0.2) is 0 Å². The second kappa shape index (κ2) is 2.98. The monoisotopic (exact) mass is 176 g/mol. The predicted molar refractivity (Wildman–Crippen MR) is 52.8 cm³/mol. The van der Waals surface area contributed by atoms with Gasteiger partial charge in [-0.1, -0.05) is 13.8 Å². The molecule has 1 fully saturated rings. The highest BCUT2D eigenvalue weighted by molar-refractivity contribution is 8.19. The molecule has 0 aromatic carbocycles. The first-order valence-corrected chi connectivity index (χ1v) is 5.61. The molecule has 60 valence electrons. The van der Waals surface area contributed by atoms with Gasteiger partial charge in [0, 0.05) is 10.5 Å². The summed E-state index contributed by atoms with van der Waals surface area (Å²) >= 11 is 4.22. The van der Waals surface area contributed by atoms with Crippen LogP contribution in [0, 0.1) is 0 Å². The first-order chi connectivity index (χ1) is 4.49. The third-order valence-corrected chi connectivity index (χ3v) is 4.54. The van der Waals surface area contributed by atoms with Gasteiger partial charge in [-0.3, -0.25) is 0 Å². The predicted octanol–water partition coefficient (Wildman–Crippen LogP) is 3.37. The highest BCUT2D eigenvalue weighted by atomic mass is 32.2. The zero-order valence-electron chi connectivity index (χ0n) is 7.18. The second-order valence-electron chi connectivity index (χ2n) is 3.49. The maximum atomic E-state index is 2.34. The third kappa shape index (κ3) is 2.39. The van der Waals surface area contributed by atoms with Crippen molar-refractivity contribution in [2.45, 2.75) is 48.7 Å². The fourth-order valence-electron chi connectivity index (χ4n) is 1.56. The zero-order valence-corrected chi connectivity index (χ0v) is 8.81. The molecule has 0 aromatic rings. The number of thioether (sulfide) groups is 2. The topological polar surface area (TPSA) is 0 Å². The molecule has 0 amide bonds. The lowest BCUT2D eigenvalue weighted by Crippen LogP contribution is -2.25. The van der Waals surface area contributed by atoms with Gasteiger partial charge in [0.05, 0.1) is 4.08 Å². The van der Waals surface area contributed by atoms with E-state index in [2.05, 4.69) is 51.2 Å². The normalized spacial score (nSPS) is 39.6. The second-order valence-corrected chi connectivity index (χ2v) is 7.87. The van der Waals surface area contributed by atoms with E-state index in [1.165, 1.54) is 6.42 Å². The van der Waals surface area contributed by atoms with Gasteiger partial charge in [-0.2, -0.15) is 0 Å². The van der Waals surface area contributed by atoms with Crippen molar-refractivity contribution in [1.82, 2.24) is 0 Å². The first-order valence-electron chi connectivity index (χ1n) is 3.85. The molecule has 2 atom stereocenters. The van der Waals surface area contributed by atoms with Crippen LogP contribution in [-0.4, -0.2) is 14.6 Å². The van der Waals surface area contributed by atoms with Gasteiger partial charge in [0.1, 0.15) is 0 Å². The van der Waals surface area contributed by atoms with E-state index >= 15 is 0 Å². The molecule has 0 aliphatic carbocycles. The fourth-order valence-corrected chi connectivity index (χ4v) is 5.60. The highest BCUT2D eigenvalue weighted by Gasteiger charge is 2.30. The van der Waals surface area contributed by atoms with Crippen molar-refractivity contribution in [2.24, 2.45) is 0 Å². The molecular weight excluding hydrogens is 160 g/mol. The molecule has 0 bridgehead atoms. The molecule has 1 aliphatic rings. The van der Waals surface area contributed by atoms with E-state index in [-0.39, 0.29) is 0 Å². The molecule has 0 nitrogen and oxygen atoms in total. The Morgan fingerprint density at radius 2 is 1.50 bits per heavy atom. The van der Waals surface area contributed by atoms with Crippen molar-refractivity contribution in [2.75, 3.05) is 0 Å². The third-order valence-electron chi connectivity index (χ3n) is 1.63. The van der Waals surface area contributed by atoms with Crippen molar-refractivity contribution in [1.29, 1.82) is 0 Å². The van der Waals surface area contributed by atoms with Gasteiger partial charge in [-0.05, 0) is 20.3 Å². The summed E-state index contributed by atoms with van der Waals surface area (Å²) in [5.74, 6) is 0. The average molecular weight is 176 g/mol. The SMILES string of the molecule is C[C@@H]1C[C@H](C)SC(C)(C)S1. The molecule has 1 saturated heterocycles. The van der Waals surface area contributed by atoms with Crippen LogP contribution < -0.4 is 0 Å². The van der Waals surface area contributed by atoms with Crippen molar-refractivity contribution in [3.63, 3.8) is 0 Å². The molecule has 1 aliphatic heterocycles. The van der Waals surface area contributed by atoms with Gasteiger partial charge in [-0.15, -0.1) is 23.5 Å². The van der Waals surface area contributed by atoms with Crippen LogP contribution in [0.2, 0.25) is 0 Å². The Labute approximate surface area is 72.5 Å². The van der Waals surface area contributed by atoms with Crippen LogP contribution >= 0.6 is 23.5 Å². The summed E-state index contributed by atoms with van der Waals surface area (Å²) in [6, 6.07) is 0. The first kappa shape index (κ1) is 8.79. The minimum absolute atomic E-state index is 0.455. The molecule has 0 aromatic heterocycles. The van der Waals surface area contributed by atoms with E-state index in [1.807, 2.05) is 0 Å². The van der Waals surface area contributed by atoms with Crippen LogP contribution in [0.3, 0.4) is 0 Å². The lowest BCUT2D eigenvalue weighted by atomic mass is 10.3. The van der Waals surface area contributed by atoms with Crippen LogP contribution in [0.4, 0.5) is 0 Å². The maximum Gasteiger partial charge on any atom is 0.0560 e. The molecule has 0 spiro atoms. The van der Waals surface area contributed by atoms with Crippen LogP contribution in [0.15, 0.2) is 0 Å². The standard InChI is InChI=1S/C8H16S2/c1-6-5-7(2)10-8(3,4)9-6/h6-7H,5H2,1-4H3/t6-,7+. The Balaban J connectivity index is 2.51. The van der Waals surface area contributed by atoms with Crippen LogP contribution in [0.5, 0.6) is 0 Å². The molecule has 10 heavy (non-hydrogen) atoms.